The third-order valence-corrected chi connectivity index (χ3v) is 5.03. The van der Waals surface area contributed by atoms with E-state index in [-0.39, 0.29) is 24.7 Å². The minimum atomic E-state index is -0.143. The minimum absolute atomic E-state index is 0.0970. The number of likely N-dealkylation sites (tertiary alicyclic amines) is 1. The highest BCUT2D eigenvalue weighted by Gasteiger charge is 2.24. The fourth-order valence-electron chi connectivity index (χ4n) is 3.28. The zero-order valence-corrected chi connectivity index (χ0v) is 16.5. The van der Waals surface area contributed by atoms with Crippen molar-refractivity contribution >= 4 is 11.9 Å². The number of benzene rings is 1. The van der Waals surface area contributed by atoms with Gasteiger partial charge in [-0.1, -0.05) is 19.9 Å². The van der Waals surface area contributed by atoms with E-state index < -0.39 is 0 Å². The van der Waals surface area contributed by atoms with Gasteiger partial charge in [0.15, 0.2) is 17.5 Å². The van der Waals surface area contributed by atoms with Gasteiger partial charge in [0.25, 0.3) is 0 Å². The number of aliphatic imine (C=N–C) groups is 1. The Hall–Kier alpha value is -2.44. The van der Waals surface area contributed by atoms with Gasteiger partial charge in [-0.25, -0.2) is 4.99 Å². The maximum Gasteiger partial charge on any atom is 0.244 e. The standard InChI is InChI=1S/C20H30N4O3/c1-4-21-19(22-12-18(25)24-9-5-6-10-24)23-13-20(2,3)15-7-8-16-17(11-15)27-14-26-16/h7-8,11H,4-6,9-10,12-14H2,1-3H3,(H2,21,22,23). The van der Waals surface area contributed by atoms with Crippen molar-refractivity contribution in [1.29, 1.82) is 0 Å². The summed E-state index contributed by atoms with van der Waals surface area (Å²) in [5, 5.41) is 6.59. The molecular formula is C20H30N4O3. The van der Waals surface area contributed by atoms with Gasteiger partial charge in [0.2, 0.25) is 12.7 Å². The molecule has 1 amide bonds. The number of hydrogen-bond acceptors (Lipinski definition) is 4. The van der Waals surface area contributed by atoms with E-state index in [4.69, 9.17) is 9.47 Å². The van der Waals surface area contributed by atoms with Gasteiger partial charge in [0.1, 0.15) is 6.54 Å². The van der Waals surface area contributed by atoms with Crippen LogP contribution in [0.4, 0.5) is 0 Å². The van der Waals surface area contributed by atoms with Crippen LogP contribution in [0.2, 0.25) is 0 Å². The Balaban J connectivity index is 1.60. The van der Waals surface area contributed by atoms with Crippen molar-refractivity contribution in [1.82, 2.24) is 15.5 Å². The summed E-state index contributed by atoms with van der Waals surface area (Å²) < 4.78 is 10.9. The molecule has 0 aromatic heterocycles. The summed E-state index contributed by atoms with van der Waals surface area (Å²) in [5.74, 6) is 2.34. The maximum atomic E-state index is 12.2. The third-order valence-electron chi connectivity index (χ3n) is 5.03. The van der Waals surface area contributed by atoms with Crippen molar-refractivity contribution in [2.45, 2.75) is 39.0 Å². The average Bonchev–Trinajstić information content (AvgIpc) is 3.34. The normalized spacial score (nSPS) is 16.6. The minimum Gasteiger partial charge on any atom is -0.454 e. The molecule has 2 heterocycles. The van der Waals surface area contributed by atoms with E-state index in [2.05, 4.69) is 35.5 Å². The Morgan fingerprint density at radius 1 is 1.19 bits per heavy atom. The topological polar surface area (TPSA) is 75.2 Å². The molecule has 3 rings (SSSR count). The number of hydrogen-bond donors (Lipinski definition) is 2. The van der Waals surface area contributed by atoms with Crippen LogP contribution in [0.25, 0.3) is 0 Å². The molecule has 1 fully saturated rings. The van der Waals surface area contributed by atoms with Crippen LogP contribution in [0.1, 0.15) is 39.2 Å². The molecule has 0 spiro atoms. The van der Waals surface area contributed by atoms with Gasteiger partial charge in [-0.2, -0.15) is 0 Å². The molecule has 2 N–H and O–H groups in total. The molecule has 7 nitrogen and oxygen atoms in total. The van der Waals surface area contributed by atoms with E-state index in [0.717, 1.165) is 49.5 Å². The van der Waals surface area contributed by atoms with Crippen LogP contribution < -0.4 is 20.1 Å². The molecule has 1 saturated heterocycles. The van der Waals surface area contributed by atoms with Crippen molar-refractivity contribution in [3.05, 3.63) is 23.8 Å². The zero-order valence-electron chi connectivity index (χ0n) is 16.5. The molecule has 0 unspecified atom stereocenters. The van der Waals surface area contributed by atoms with Gasteiger partial charge in [-0.05, 0) is 37.5 Å². The lowest BCUT2D eigenvalue weighted by Crippen LogP contribution is -2.44. The summed E-state index contributed by atoms with van der Waals surface area (Å²) >= 11 is 0. The molecule has 0 saturated carbocycles. The second-order valence-corrected chi connectivity index (χ2v) is 7.59. The molecule has 0 radical (unpaired) electrons. The lowest BCUT2D eigenvalue weighted by Gasteiger charge is -2.27. The molecular weight excluding hydrogens is 344 g/mol. The smallest absolute Gasteiger partial charge is 0.244 e. The molecule has 1 aromatic rings. The summed E-state index contributed by atoms with van der Waals surface area (Å²) in [5.41, 5.74) is 1.01. The first-order chi connectivity index (χ1) is 13.0. The largest absolute Gasteiger partial charge is 0.454 e. The van der Waals surface area contributed by atoms with Crippen LogP contribution in [0.5, 0.6) is 11.5 Å². The first-order valence-electron chi connectivity index (χ1n) is 9.69. The highest BCUT2D eigenvalue weighted by molar-refractivity contribution is 5.85. The van der Waals surface area contributed by atoms with E-state index in [1.54, 1.807) is 0 Å². The van der Waals surface area contributed by atoms with Gasteiger partial charge < -0.3 is 25.0 Å². The quantitative estimate of drug-likeness (QED) is 0.587. The van der Waals surface area contributed by atoms with Crippen LogP contribution in [0.15, 0.2) is 23.2 Å². The molecule has 2 aliphatic rings. The predicted molar refractivity (Wildman–Crippen MR) is 105 cm³/mol. The van der Waals surface area contributed by atoms with E-state index in [0.29, 0.717) is 12.5 Å². The Morgan fingerprint density at radius 3 is 2.67 bits per heavy atom. The van der Waals surface area contributed by atoms with Gasteiger partial charge >= 0.3 is 0 Å². The summed E-state index contributed by atoms with van der Waals surface area (Å²) in [6, 6.07) is 6.05. The molecule has 0 atom stereocenters. The fourth-order valence-corrected chi connectivity index (χ4v) is 3.28. The molecule has 7 heteroatoms. The monoisotopic (exact) mass is 374 g/mol. The number of nitrogens with zero attached hydrogens (tertiary/aromatic N) is 2. The maximum absolute atomic E-state index is 12.2. The highest BCUT2D eigenvalue weighted by atomic mass is 16.7. The van der Waals surface area contributed by atoms with Crippen molar-refractivity contribution in [2.75, 3.05) is 39.5 Å². The van der Waals surface area contributed by atoms with Crippen LogP contribution in [0, 0.1) is 0 Å². The fraction of sp³-hybridized carbons (Fsp3) is 0.600. The number of guanidine groups is 1. The lowest BCUT2D eigenvalue weighted by molar-refractivity contribution is -0.128. The first-order valence-corrected chi connectivity index (χ1v) is 9.69. The van der Waals surface area contributed by atoms with Crippen LogP contribution >= 0.6 is 0 Å². The SMILES string of the molecule is CCNC(=NCC(=O)N1CCCC1)NCC(C)(C)c1ccc2c(c1)OCO2. The number of ether oxygens (including phenoxy) is 2. The lowest BCUT2D eigenvalue weighted by atomic mass is 9.84. The van der Waals surface area contributed by atoms with Crippen LogP contribution in [-0.4, -0.2) is 56.3 Å². The summed E-state index contributed by atoms with van der Waals surface area (Å²) in [6.45, 7) is 9.93. The number of rotatable bonds is 6. The number of amides is 1. The van der Waals surface area contributed by atoms with Gasteiger partial charge in [0, 0.05) is 31.6 Å². The van der Waals surface area contributed by atoms with Crippen LogP contribution in [-0.2, 0) is 10.2 Å². The van der Waals surface area contributed by atoms with Gasteiger partial charge in [0.05, 0.1) is 0 Å². The van der Waals surface area contributed by atoms with Crippen molar-refractivity contribution in [3.8, 4) is 11.5 Å². The Labute approximate surface area is 161 Å². The second kappa shape index (κ2) is 8.50. The summed E-state index contributed by atoms with van der Waals surface area (Å²) in [7, 11) is 0. The number of carbonyl (C=O) groups excluding carboxylic acids is 1. The Bertz CT molecular complexity index is 696. The molecule has 1 aromatic carbocycles. The highest BCUT2D eigenvalue weighted by Crippen LogP contribution is 2.36. The van der Waals surface area contributed by atoms with E-state index in [9.17, 15) is 4.79 Å². The zero-order chi connectivity index (χ0) is 19.3. The molecule has 0 bridgehead atoms. The Kier molecular flexibility index (Phi) is 6.08. The summed E-state index contributed by atoms with van der Waals surface area (Å²) in [4.78, 5) is 18.6. The van der Waals surface area contributed by atoms with Crippen molar-refractivity contribution in [3.63, 3.8) is 0 Å². The molecule has 2 aliphatic heterocycles. The van der Waals surface area contributed by atoms with Gasteiger partial charge in [-0.15, -0.1) is 0 Å². The van der Waals surface area contributed by atoms with E-state index in [1.807, 2.05) is 24.0 Å². The van der Waals surface area contributed by atoms with E-state index >= 15 is 0 Å². The number of nitrogens with one attached hydrogen (secondary N) is 2. The molecule has 148 valence electrons. The summed E-state index contributed by atoms with van der Waals surface area (Å²) in [6.07, 6.45) is 2.19. The first kappa shape index (κ1) is 19.3. The predicted octanol–water partition coefficient (Wildman–Crippen LogP) is 1.87. The molecule has 27 heavy (non-hydrogen) atoms. The van der Waals surface area contributed by atoms with Crippen molar-refractivity contribution < 1.29 is 14.3 Å². The van der Waals surface area contributed by atoms with Gasteiger partial charge in [-0.3, -0.25) is 4.79 Å². The molecule has 0 aliphatic carbocycles. The third kappa shape index (κ3) is 4.84. The van der Waals surface area contributed by atoms with Crippen molar-refractivity contribution in [2.24, 2.45) is 4.99 Å². The number of fused-ring (bicyclic) bond motifs is 1. The average molecular weight is 374 g/mol. The van der Waals surface area contributed by atoms with Crippen LogP contribution in [0.3, 0.4) is 0 Å². The Morgan fingerprint density at radius 2 is 1.93 bits per heavy atom. The van der Waals surface area contributed by atoms with E-state index in [1.165, 1.54) is 0 Å². The second-order valence-electron chi connectivity index (χ2n) is 7.59. The number of carbonyl (C=O) groups is 1.